The van der Waals surface area contributed by atoms with Gasteiger partial charge in [-0.2, -0.15) is 0 Å². The lowest BCUT2D eigenvalue weighted by atomic mass is 10.2. The number of thiazole rings is 1. The van der Waals surface area contributed by atoms with Gasteiger partial charge in [0.1, 0.15) is 16.8 Å². The van der Waals surface area contributed by atoms with Crippen molar-refractivity contribution in [3.8, 4) is 11.5 Å². The maximum absolute atomic E-state index is 5.87. The minimum Gasteiger partial charge on any atom is -0.490 e. The van der Waals surface area contributed by atoms with Crippen LogP contribution in [0, 0.1) is 0 Å². The number of ether oxygens (including phenoxy) is 2. The third kappa shape index (κ3) is 2.99. The average Bonchev–Trinajstić information content (AvgIpc) is 2.89. The van der Waals surface area contributed by atoms with Gasteiger partial charge in [-0.1, -0.05) is 23.9 Å². The summed E-state index contributed by atoms with van der Waals surface area (Å²) < 4.78 is 13.6. The zero-order chi connectivity index (χ0) is 16.4. The summed E-state index contributed by atoms with van der Waals surface area (Å²) in [5, 5.41) is 3.39. The number of thioether (sulfide) groups is 1. The van der Waals surface area contributed by atoms with Gasteiger partial charge in [-0.3, -0.25) is 0 Å². The second-order valence-corrected chi connectivity index (χ2v) is 7.26. The Hall–Kier alpha value is -2.06. The molecule has 0 saturated carbocycles. The molecule has 1 aliphatic heterocycles. The minimum atomic E-state index is 0.602. The molecule has 0 spiro atoms. The van der Waals surface area contributed by atoms with E-state index < -0.39 is 0 Å². The van der Waals surface area contributed by atoms with Crippen LogP contribution in [0.15, 0.2) is 28.9 Å². The highest BCUT2D eigenvalue weighted by molar-refractivity contribution is 8.00. The molecular formula is C16H16N4O2S2. The van der Waals surface area contributed by atoms with Crippen molar-refractivity contribution < 1.29 is 9.47 Å². The van der Waals surface area contributed by atoms with Crippen LogP contribution < -0.4 is 14.8 Å². The van der Waals surface area contributed by atoms with E-state index in [1.807, 2.05) is 24.5 Å². The molecule has 3 aromatic rings. The molecule has 8 heteroatoms. The van der Waals surface area contributed by atoms with E-state index >= 15 is 0 Å². The molecule has 0 unspecified atom stereocenters. The number of nitrogens with one attached hydrogen (secondary N) is 1. The molecule has 1 aliphatic rings. The van der Waals surface area contributed by atoms with Gasteiger partial charge in [0.25, 0.3) is 0 Å². The molecule has 0 saturated heterocycles. The van der Waals surface area contributed by atoms with Crippen molar-refractivity contribution in [3.63, 3.8) is 0 Å². The van der Waals surface area contributed by atoms with Gasteiger partial charge in [0, 0.05) is 18.5 Å². The largest absolute Gasteiger partial charge is 0.490 e. The van der Waals surface area contributed by atoms with Crippen LogP contribution in [0.3, 0.4) is 0 Å². The van der Waals surface area contributed by atoms with Gasteiger partial charge < -0.3 is 14.8 Å². The lowest BCUT2D eigenvalue weighted by Crippen LogP contribution is -2.05. The molecule has 3 heterocycles. The van der Waals surface area contributed by atoms with E-state index in [4.69, 9.17) is 9.47 Å². The molecule has 2 aromatic heterocycles. The Labute approximate surface area is 147 Å². The zero-order valence-corrected chi connectivity index (χ0v) is 14.7. The minimum absolute atomic E-state index is 0.602. The Kier molecular flexibility index (Phi) is 4.40. The fourth-order valence-electron chi connectivity index (χ4n) is 2.52. The molecule has 0 bridgehead atoms. The summed E-state index contributed by atoms with van der Waals surface area (Å²) in [5.74, 6) is 2.42. The second-order valence-electron chi connectivity index (χ2n) is 5.21. The summed E-state index contributed by atoms with van der Waals surface area (Å²) in [7, 11) is 0. The van der Waals surface area contributed by atoms with E-state index in [0.717, 1.165) is 44.0 Å². The molecule has 0 aliphatic carbocycles. The lowest BCUT2D eigenvalue weighted by Gasteiger charge is -2.13. The van der Waals surface area contributed by atoms with Gasteiger partial charge in [0.05, 0.1) is 13.2 Å². The Morgan fingerprint density at radius 2 is 2.17 bits per heavy atom. The number of para-hydroxylation sites is 1. The van der Waals surface area contributed by atoms with Crippen LogP contribution in [0.1, 0.15) is 12.0 Å². The first-order chi connectivity index (χ1) is 11.8. The molecule has 1 N–H and O–H groups in total. The van der Waals surface area contributed by atoms with Crippen molar-refractivity contribution in [2.24, 2.45) is 0 Å². The third-order valence-corrected chi connectivity index (χ3v) is 5.68. The molecule has 6 nitrogen and oxygen atoms in total. The van der Waals surface area contributed by atoms with Crippen molar-refractivity contribution in [2.45, 2.75) is 17.3 Å². The first-order valence-electron chi connectivity index (χ1n) is 7.62. The normalized spacial score (nSPS) is 13.7. The van der Waals surface area contributed by atoms with Gasteiger partial charge in [0.2, 0.25) is 0 Å². The van der Waals surface area contributed by atoms with E-state index in [9.17, 15) is 0 Å². The Morgan fingerprint density at radius 3 is 3.08 bits per heavy atom. The Balaban J connectivity index is 1.61. The molecule has 1 aromatic carbocycles. The van der Waals surface area contributed by atoms with Crippen molar-refractivity contribution in [1.82, 2.24) is 15.0 Å². The van der Waals surface area contributed by atoms with Gasteiger partial charge in [0.15, 0.2) is 21.5 Å². The number of benzene rings is 1. The molecular weight excluding hydrogens is 344 g/mol. The first-order valence-corrected chi connectivity index (χ1v) is 9.66. The standard InChI is InChI=1S/C16H16N4O2S2/c1-23-16-20-15-13(24-16)14(18-9-19-15)17-8-10-4-2-5-11-12(10)22-7-3-6-21-11/h2,4-5,9H,3,6-8H2,1H3,(H,17,18,19). The number of fused-ring (bicyclic) bond motifs is 2. The van der Waals surface area contributed by atoms with E-state index in [1.54, 1.807) is 29.4 Å². The van der Waals surface area contributed by atoms with Crippen LogP contribution in [0.25, 0.3) is 10.3 Å². The van der Waals surface area contributed by atoms with Crippen molar-refractivity contribution >= 4 is 39.3 Å². The average molecular weight is 360 g/mol. The Morgan fingerprint density at radius 1 is 1.25 bits per heavy atom. The highest BCUT2D eigenvalue weighted by Gasteiger charge is 2.15. The van der Waals surface area contributed by atoms with Crippen LogP contribution in [-0.4, -0.2) is 34.4 Å². The Bertz CT molecular complexity index is 868. The van der Waals surface area contributed by atoms with Crippen LogP contribution >= 0.6 is 23.1 Å². The fraction of sp³-hybridized carbons (Fsp3) is 0.312. The monoisotopic (exact) mass is 360 g/mol. The number of hydrogen-bond donors (Lipinski definition) is 1. The number of hydrogen-bond acceptors (Lipinski definition) is 8. The maximum atomic E-state index is 5.87. The SMILES string of the molecule is CSc1nc2ncnc(NCc3cccc4c3OCCCO4)c2s1. The fourth-order valence-corrected chi connectivity index (χ4v) is 4.00. The predicted octanol–water partition coefficient (Wildman–Crippen LogP) is 3.58. The first kappa shape index (κ1) is 15.5. The highest BCUT2D eigenvalue weighted by atomic mass is 32.2. The molecule has 0 amide bonds. The van der Waals surface area contributed by atoms with Crippen molar-refractivity contribution in [2.75, 3.05) is 24.8 Å². The maximum Gasteiger partial charge on any atom is 0.176 e. The molecule has 24 heavy (non-hydrogen) atoms. The molecule has 0 fully saturated rings. The molecule has 0 atom stereocenters. The van der Waals surface area contributed by atoms with Gasteiger partial charge in [-0.25, -0.2) is 15.0 Å². The number of nitrogens with zero attached hydrogens (tertiary/aromatic N) is 3. The lowest BCUT2D eigenvalue weighted by molar-refractivity contribution is 0.296. The van der Waals surface area contributed by atoms with E-state index in [-0.39, 0.29) is 0 Å². The molecule has 124 valence electrons. The number of rotatable bonds is 4. The topological polar surface area (TPSA) is 69.2 Å². The smallest absolute Gasteiger partial charge is 0.176 e. The van der Waals surface area contributed by atoms with Crippen LogP contribution in [0.4, 0.5) is 5.82 Å². The summed E-state index contributed by atoms with van der Waals surface area (Å²) in [6.07, 6.45) is 4.45. The number of aromatic nitrogens is 3. The number of anilines is 1. The van der Waals surface area contributed by atoms with Crippen molar-refractivity contribution in [1.29, 1.82) is 0 Å². The van der Waals surface area contributed by atoms with Gasteiger partial charge in [-0.15, -0.1) is 11.3 Å². The predicted molar refractivity (Wildman–Crippen MR) is 96.4 cm³/mol. The summed E-state index contributed by atoms with van der Waals surface area (Å²) in [5.41, 5.74) is 1.78. The summed E-state index contributed by atoms with van der Waals surface area (Å²) >= 11 is 3.21. The highest BCUT2D eigenvalue weighted by Crippen LogP contribution is 2.35. The van der Waals surface area contributed by atoms with Crippen molar-refractivity contribution in [3.05, 3.63) is 30.1 Å². The summed E-state index contributed by atoms with van der Waals surface area (Å²) in [6.45, 7) is 1.97. The van der Waals surface area contributed by atoms with E-state index in [2.05, 4.69) is 20.3 Å². The second kappa shape index (κ2) is 6.82. The van der Waals surface area contributed by atoms with Gasteiger partial charge >= 0.3 is 0 Å². The van der Waals surface area contributed by atoms with E-state index in [1.165, 1.54) is 0 Å². The van der Waals surface area contributed by atoms with Crippen LogP contribution in [-0.2, 0) is 6.54 Å². The third-order valence-electron chi connectivity index (χ3n) is 3.65. The molecule has 4 rings (SSSR count). The summed E-state index contributed by atoms with van der Waals surface area (Å²) in [6, 6.07) is 5.97. The van der Waals surface area contributed by atoms with Crippen LogP contribution in [0.2, 0.25) is 0 Å². The zero-order valence-electron chi connectivity index (χ0n) is 13.1. The van der Waals surface area contributed by atoms with Crippen LogP contribution in [0.5, 0.6) is 11.5 Å². The van der Waals surface area contributed by atoms with Gasteiger partial charge in [-0.05, 0) is 12.3 Å². The quantitative estimate of drug-likeness (QED) is 0.713. The van der Waals surface area contributed by atoms with E-state index in [0.29, 0.717) is 19.8 Å². The molecule has 0 radical (unpaired) electrons. The summed E-state index contributed by atoms with van der Waals surface area (Å²) in [4.78, 5) is 13.1.